The van der Waals surface area contributed by atoms with Gasteiger partial charge in [0.25, 0.3) is 0 Å². The van der Waals surface area contributed by atoms with Crippen molar-refractivity contribution in [2.75, 3.05) is 18.9 Å². The number of nitrogens with one attached hydrogen (secondary N) is 1. The number of halogens is 1. The summed E-state index contributed by atoms with van der Waals surface area (Å²) >= 11 is 0. The quantitative estimate of drug-likeness (QED) is 0.648. The van der Waals surface area contributed by atoms with Gasteiger partial charge in [-0.15, -0.1) is 5.10 Å². The van der Waals surface area contributed by atoms with Crippen LogP contribution in [0.15, 0.2) is 27.4 Å². The van der Waals surface area contributed by atoms with Crippen molar-refractivity contribution >= 4 is 23.1 Å². The van der Waals surface area contributed by atoms with E-state index in [0.29, 0.717) is 37.2 Å². The predicted molar refractivity (Wildman–Crippen MR) is 105 cm³/mol. The number of imidazole rings is 1. The van der Waals surface area contributed by atoms with Gasteiger partial charge in [0.1, 0.15) is 11.9 Å². The third-order valence-corrected chi connectivity index (χ3v) is 5.34. The van der Waals surface area contributed by atoms with Crippen molar-refractivity contribution in [3.8, 4) is 0 Å². The van der Waals surface area contributed by atoms with E-state index in [2.05, 4.69) is 15.5 Å². The molecule has 4 rings (SSSR count). The molecule has 1 atom stereocenters. The van der Waals surface area contributed by atoms with E-state index >= 15 is 0 Å². The molecule has 2 aromatic heterocycles. The third-order valence-electron chi connectivity index (χ3n) is 5.34. The molecule has 1 fully saturated rings. The van der Waals surface area contributed by atoms with Crippen molar-refractivity contribution < 1.29 is 18.3 Å². The van der Waals surface area contributed by atoms with Crippen molar-refractivity contribution in [1.29, 1.82) is 0 Å². The minimum Gasteiger partial charge on any atom is -0.406 e. The maximum Gasteiger partial charge on any atom is 0.337 e. The molecule has 1 saturated heterocycles. The normalized spacial score (nSPS) is 16.1. The molecule has 1 aliphatic heterocycles. The first-order valence-corrected chi connectivity index (χ1v) is 9.86. The minimum absolute atomic E-state index is 0.113. The Morgan fingerprint density at radius 3 is 2.77 bits per heavy atom. The molecule has 0 unspecified atom stereocenters. The van der Waals surface area contributed by atoms with Crippen LogP contribution in [0.4, 0.5) is 15.2 Å². The highest BCUT2D eigenvalue weighted by Gasteiger charge is 2.25. The van der Waals surface area contributed by atoms with Crippen LogP contribution in [0.2, 0.25) is 0 Å². The SMILES string of the molecule is CC[C@H](NC(=O)n1c(=O)n(CC2CCOCC2)c2cc(F)ccc21)c1nnc(N)o1. The summed E-state index contributed by atoms with van der Waals surface area (Å²) in [5, 5.41) is 10.1. The summed E-state index contributed by atoms with van der Waals surface area (Å²) < 4.78 is 27.0. The van der Waals surface area contributed by atoms with Crippen molar-refractivity contribution in [3.63, 3.8) is 0 Å². The van der Waals surface area contributed by atoms with Gasteiger partial charge in [-0.05, 0) is 43.4 Å². The molecule has 3 heterocycles. The maximum absolute atomic E-state index is 13.9. The van der Waals surface area contributed by atoms with Gasteiger partial charge in [0.2, 0.25) is 5.89 Å². The predicted octanol–water partition coefficient (Wildman–Crippen LogP) is 2.04. The lowest BCUT2D eigenvalue weighted by molar-refractivity contribution is 0.0613. The van der Waals surface area contributed by atoms with Crippen LogP contribution in [0.1, 0.15) is 38.1 Å². The van der Waals surface area contributed by atoms with Gasteiger partial charge < -0.3 is 20.2 Å². The summed E-state index contributed by atoms with van der Waals surface area (Å²) in [6, 6.07) is 2.53. The number of rotatable bonds is 5. The molecular weight excluding hydrogens is 395 g/mol. The first-order chi connectivity index (χ1) is 14.5. The van der Waals surface area contributed by atoms with E-state index in [4.69, 9.17) is 14.9 Å². The van der Waals surface area contributed by atoms with Crippen LogP contribution in [0.5, 0.6) is 0 Å². The van der Waals surface area contributed by atoms with Crippen LogP contribution in [0.25, 0.3) is 11.0 Å². The standard InChI is InChI=1S/C19H23FN6O4/c1-2-13(16-23-24-17(21)30-16)22-18(27)26-14-4-3-12(20)9-15(14)25(19(26)28)10-11-5-7-29-8-6-11/h3-4,9,11,13H,2,5-8,10H2,1H3,(H2,21,24)(H,22,27)/t13-/m0/s1. The van der Waals surface area contributed by atoms with Crippen LogP contribution in [-0.2, 0) is 11.3 Å². The summed E-state index contributed by atoms with van der Waals surface area (Å²) in [6.07, 6.45) is 2.05. The second-order valence-corrected chi connectivity index (χ2v) is 7.31. The Balaban J connectivity index is 1.70. The Morgan fingerprint density at radius 1 is 1.33 bits per heavy atom. The number of nitrogens with zero attached hydrogens (tertiary/aromatic N) is 4. The summed E-state index contributed by atoms with van der Waals surface area (Å²) in [4.78, 5) is 26.2. The number of nitrogens with two attached hydrogens (primary N) is 1. The zero-order valence-corrected chi connectivity index (χ0v) is 16.5. The van der Waals surface area contributed by atoms with E-state index in [1.165, 1.54) is 22.8 Å². The van der Waals surface area contributed by atoms with Crippen LogP contribution < -0.4 is 16.7 Å². The lowest BCUT2D eigenvalue weighted by atomic mass is 10.0. The Hall–Kier alpha value is -3.21. The highest BCUT2D eigenvalue weighted by Crippen LogP contribution is 2.22. The smallest absolute Gasteiger partial charge is 0.337 e. The van der Waals surface area contributed by atoms with Crippen molar-refractivity contribution in [2.24, 2.45) is 5.92 Å². The molecule has 160 valence electrons. The number of amides is 1. The molecule has 11 heteroatoms. The number of nitrogen functional groups attached to an aromatic ring is 1. The van der Waals surface area contributed by atoms with Gasteiger partial charge in [-0.1, -0.05) is 12.0 Å². The largest absolute Gasteiger partial charge is 0.406 e. The average molecular weight is 418 g/mol. The number of aromatic nitrogens is 4. The van der Waals surface area contributed by atoms with Crippen molar-refractivity contribution in [1.82, 2.24) is 24.6 Å². The van der Waals surface area contributed by atoms with Gasteiger partial charge in [-0.2, -0.15) is 0 Å². The van der Waals surface area contributed by atoms with Gasteiger partial charge in [0.15, 0.2) is 0 Å². The van der Waals surface area contributed by atoms with Gasteiger partial charge in [0, 0.05) is 19.8 Å². The number of carbonyl (C=O) groups is 1. The highest BCUT2D eigenvalue weighted by atomic mass is 19.1. The van der Waals surface area contributed by atoms with E-state index in [1.54, 1.807) is 0 Å². The first-order valence-electron chi connectivity index (χ1n) is 9.86. The molecule has 30 heavy (non-hydrogen) atoms. The number of anilines is 1. The molecule has 0 saturated carbocycles. The fourth-order valence-electron chi connectivity index (χ4n) is 3.73. The molecule has 0 bridgehead atoms. The molecule has 10 nitrogen and oxygen atoms in total. The summed E-state index contributed by atoms with van der Waals surface area (Å²) in [5.74, 6) is -0.117. The van der Waals surface area contributed by atoms with Crippen LogP contribution in [0.3, 0.4) is 0 Å². The summed E-state index contributed by atoms with van der Waals surface area (Å²) in [6.45, 7) is 3.45. The summed E-state index contributed by atoms with van der Waals surface area (Å²) in [7, 11) is 0. The van der Waals surface area contributed by atoms with Crippen LogP contribution in [-0.4, -0.2) is 38.6 Å². The highest BCUT2D eigenvalue weighted by molar-refractivity contribution is 5.89. The van der Waals surface area contributed by atoms with Crippen LogP contribution >= 0.6 is 0 Å². The van der Waals surface area contributed by atoms with E-state index in [1.807, 2.05) is 6.92 Å². The maximum atomic E-state index is 13.9. The average Bonchev–Trinajstić information content (AvgIpc) is 3.28. The van der Waals surface area contributed by atoms with E-state index < -0.39 is 23.6 Å². The number of hydrogen-bond donors (Lipinski definition) is 2. The minimum atomic E-state index is -0.661. The first kappa shape index (κ1) is 20.1. The van der Waals surface area contributed by atoms with Gasteiger partial charge in [0.05, 0.1) is 11.0 Å². The Labute approximate surface area is 170 Å². The molecule has 1 aromatic carbocycles. The number of ether oxygens (including phenoxy) is 1. The molecule has 3 N–H and O–H groups in total. The third kappa shape index (κ3) is 3.80. The van der Waals surface area contributed by atoms with Crippen molar-refractivity contribution in [3.05, 3.63) is 40.4 Å². The Bertz CT molecular complexity index is 1110. The Morgan fingerprint density at radius 2 is 2.10 bits per heavy atom. The molecule has 0 aliphatic carbocycles. The molecule has 0 spiro atoms. The lowest BCUT2D eigenvalue weighted by Gasteiger charge is -2.22. The topological polar surface area (TPSA) is 130 Å². The molecule has 0 radical (unpaired) electrons. The second-order valence-electron chi connectivity index (χ2n) is 7.31. The molecule has 3 aromatic rings. The van der Waals surface area contributed by atoms with E-state index in [-0.39, 0.29) is 17.8 Å². The second kappa shape index (κ2) is 8.27. The number of carbonyl (C=O) groups excluding carboxylic acids is 1. The molecule has 1 amide bonds. The monoisotopic (exact) mass is 418 g/mol. The fraction of sp³-hybridized carbons (Fsp3) is 0.474. The van der Waals surface area contributed by atoms with Gasteiger partial charge in [-0.25, -0.2) is 18.5 Å². The van der Waals surface area contributed by atoms with E-state index in [0.717, 1.165) is 17.4 Å². The molecule has 1 aliphatic rings. The summed E-state index contributed by atoms with van der Waals surface area (Å²) in [5.41, 5.74) is 5.63. The number of benzene rings is 1. The zero-order chi connectivity index (χ0) is 21.3. The van der Waals surface area contributed by atoms with Crippen molar-refractivity contribution in [2.45, 2.75) is 38.8 Å². The van der Waals surface area contributed by atoms with Gasteiger partial charge in [-0.3, -0.25) is 4.57 Å². The Kier molecular flexibility index (Phi) is 5.53. The van der Waals surface area contributed by atoms with Crippen LogP contribution in [0, 0.1) is 11.7 Å². The number of fused-ring (bicyclic) bond motifs is 1. The zero-order valence-electron chi connectivity index (χ0n) is 16.5. The van der Waals surface area contributed by atoms with Gasteiger partial charge >= 0.3 is 17.7 Å². The molecular formula is C19H23FN6O4. The fourth-order valence-corrected chi connectivity index (χ4v) is 3.73. The number of hydrogen-bond acceptors (Lipinski definition) is 7. The lowest BCUT2D eigenvalue weighted by Crippen LogP contribution is -2.39. The van der Waals surface area contributed by atoms with E-state index in [9.17, 15) is 14.0 Å².